The van der Waals surface area contributed by atoms with Gasteiger partial charge in [-0.3, -0.25) is 0 Å². The number of esters is 1. The van der Waals surface area contributed by atoms with Crippen LogP contribution in [0.4, 0.5) is 11.4 Å². The Hall–Kier alpha value is -3.29. The van der Waals surface area contributed by atoms with E-state index < -0.39 is 73.5 Å². The third-order valence-electron chi connectivity index (χ3n) is 8.28. The van der Waals surface area contributed by atoms with Gasteiger partial charge in [-0.05, 0) is 50.5 Å². The first-order valence-corrected chi connectivity index (χ1v) is 14.8. The van der Waals surface area contributed by atoms with Crippen molar-refractivity contribution in [2.45, 2.75) is 61.6 Å². The lowest BCUT2D eigenvalue weighted by atomic mass is 9.88. The Morgan fingerprint density at radius 3 is 2.11 bits per heavy atom. The molecule has 12 N–H and O–H groups in total. The number of carbonyl (C=O) groups is 1. The van der Waals surface area contributed by atoms with E-state index >= 15 is 0 Å². The van der Waals surface area contributed by atoms with Gasteiger partial charge in [0.2, 0.25) is 0 Å². The van der Waals surface area contributed by atoms with Crippen LogP contribution in [0.15, 0.2) is 36.4 Å². The van der Waals surface area contributed by atoms with E-state index in [1.807, 2.05) is 0 Å². The van der Waals surface area contributed by atoms with Crippen molar-refractivity contribution < 1.29 is 59.1 Å². The van der Waals surface area contributed by atoms with Crippen LogP contribution in [0.2, 0.25) is 0 Å². The fraction of sp³-hybridized carbons (Fsp3) is 0.567. The molecule has 0 radical (unpaired) electrons. The topological polar surface area (TPSA) is 261 Å². The summed E-state index contributed by atoms with van der Waals surface area (Å²) in [5.74, 6) is -2.02. The molecule has 16 nitrogen and oxygen atoms in total. The van der Waals surface area contributed by atoms with Gasteiger partial charge in [-0.25, -0.2) is 4.79 Å². The maximum Gasteiger partial charge on any atom is 0.342 e. The minimum atomic E-state index is -1.43. The highest BCUT2D eigenvalue weighted by Gasteiger charge is 2.46. The number of phenols is 2. The molecule has 0 saturated carbocycles. The highest BCUT2D eigenvalue weighted by Crippen LogP contribution is 2.29. The zero-order valence-electron chi connectivity index (χ0n) is 25.6. The van der Waals surface area contributed by atoms with Gasteiger partial charge in [-0.2, -0.15) is 0 Å². The molecule has 46 heavy (non-hydrogen) atoms. The normalized spacial score (nSPS) is 31.4. The van der Waals surface area contributed by atoms with Crippen LogP contribution in [0.25, 0.3) is 0 Å². The summed E-state index contributed by atoms with van der Waals surface area (Å²) in [5, 5.41) is 68.8. The summed E-state index contributed by atoms with van der Waals surface area (Å²) in [6, 6.07) is 6.88. The molecule has 2 aromatic rings. The van der Waals surface area contributed by atoms with Crippen molar-refractivity contribution in [2.75, 3.05) is 52.0 Å². The number of aliphatic hydroxyl groups is 4. The fourth-order valence-electron chi connectivity index (χ4n) is 5.66. The molecular formula is C30H44N4O12. The van der Waals surface area contributed by atoms with Crippen LogP contribution in [-0.2, 0) is 30.3 Å². The minimum Gasteiger partial charge on any atom is -0.508 e. The SMILES string of the molecule is CNC1C(O)OC(COC(=O)c2cc(N)ccc2O)C(COCC2OC(COCc3cc(N)ccc3O)C(O)C(O)C2NC)C1O. The number of nitrogen functional groups attached to an aromatic ring is 2. The van der Waals surface area contributed by atoms with Crippen LogP contribution in [0.3, 0.4) is 0 Å². The first-order valence-electron chi connectivity index (χ1n) is 14.8. The minimum absolute atomic E-state index is 0.00115. The van der Waals surface area contributed by atoms with Crippen LogP contribution in [0.1, 0.15) is 15.9 Å². The van der Waals surface area contributed by atoms with E-state index in [2.05, 4.69) is 10.6 Å². The molecule has 0 bridgehead atoms. The number of hydrogen-bond acceptors (Lipinski definition) is 16. The van der Waals surface area contributed by atoms with E-state index in [1.165, 1.54) is 31.3 Å². The highest BCUT2D eigenvalue weighted by atomic mass is 16.6. The highest BCUT2D eigenvalue weighted by molar-refractivity contribution is 5.93. The molecule has 2 fully saturated rings. The van der Waals surface area contributed by atoms with Gasteiger partial charge in [0, 0.05) is 22.9 Å². The number of rotatable bonds is 13. The van der Waals surface area contributed by atoms with Gasteiger partial charge >= 0.3 is 5.97 Å². The smallest absolute Gasteiger partial charge is 0.342 e. The number of aromatic hydroxyl groups is 2. The molecule has 0 amide bonds. The molecule has 16 heteroatoms. The number of phenolic OH excluding ortho intramolecular Hbond substituents is 2. The summed E-state index contributed by atoms with van der Waals surface area (Å²) in [6.45, 7) is -0.758. The van der Waals surface area contributed by atoms with E-state index in [-0.39, 0.29) is 49.2 Å². The summed E-state index contributed by atoms with van der Waals surface area (Å²) >= 11 is 0. The van der Waals surface area contributed by atoms with Gasteiger partial charge in [0.15, 0.2) is 6.29 Å². The van der Waals surface area contributed by atoms with Gasteiger partial charge in [0.25, 0.3) is 0 Å². The van der Waals surface area contributed by atoms with Gasteiger partial charge in [-0.15, -0.1) is 0 Å². The van der Waals surface area contributed by atoms with E-state index in [9.17, 15) is 35.4 Å². The summed E-state index contributed by atoms with van der Waals surface area (Å²) in [4.78, 5) is 12.7. The third kappa shape index (κ3) is 8.34. The average molecular weight is 653 g/mol. The lowest BCUT2D eigenvalue weighted by Crippen LogP contribution is -2.64. The number of aliphatic hydroxyl groups excluding tert-OH is 4. The molecule has 2 aliphatic rings. The number of nitrogens with one attached hydrogen (secondary N) is 2. The molecule has 256 valence electrons. The predicted molar refractivity (Wildman–Crippen MR) is 163 cm³/mol. The second kappa shape index (κ2) is 16.0. The van der Waals surface area contributed by atoms with Crippen molar-refractivity contribution >= 4 is 17.3 Å². The van der Waals surface area contributed by atoms with Gasteiger partial charge in [-0.1, -0.05) is 0 Å². The Balaban J connectivity index is 1.38. The fourth-order valence-corrected chi connectivity index (χ4v) is 5.66. The van der Waals surface area contributed by atoms with E-state index in [0.717, 1.165) is 0 Å². The van der Waals surface area contributed by atoms with Crippen molar-refractivity contribution in [3.8, 4) is 11.5 Å². The Bertz CT molecular complexity index is 1300. The summed E-state index contributed by atoms with van der Waals surface area (Å²) in [6.07, 6.45) is -7.89. The number of hydrogen-bond donors (Lipinski definition) is 10. The number of nitrogens with two attached hydrogens (primary N) is 2. The Morgan fingerprint density at radius 1 is 0.761 bits per heavy atom. The van der Waals surface area contributed by atoms with Crippen LogP contribution in [0, 0.1) is 5.92 Å². The second-order valence-corrected chi connectivity index (χ2v) is 11.4. The Labute approximate surface area is 265 Å². The number of ether oxygens (including phenoxy) is 5. The number of carbonyl (C=O) groups excluding carboxylic acids is 1. The lowest BCUT2D eigenvalue weighted by molar-refractivity contribution is -0.248. The van der Waals surface area contributed by atoms with Gasteiger partial charge in [0.1, 0.15) is 48.1 Å². The summed E-state index contributed by atoms with van der Waals surface area (Å²) in [5.41, 5.74) is 12.5. The number of likely N-dealkylation sites (N-methyl/N-ethyl adjacent to an activating group) is 2. The van der Waals surface area contributed by atoms with Crippen LogP contribution < -0.4 is 22.1 Å². The maximum atomic E-state index is 12.7. The van der Waals surface area contributed by atoms with Crippen molar-refractivity contribution in [2.24, 2.45) is 5.92 Å². The number of anilines is 2. The van der Waals surface area contributed by atoms with E-state index in [4.69, 9.17) is 35.2 Å². The molecule has 2 aliphatic heterocycles. The first-order chi connectivity index (χ1) is 21.9. The molecule has 0 aliphatic carbocycles. The molecule has 10 atom stereocenters. The van der Waals surface area contributed by atoms with Crippen LogP contribution in [-0.4, -0.2) is 132 Å². The standard InChI is InChI=1S/C30H44N4O12/c1-33-24-22(45-23(27(38)28(24)39)12-42-9-14-7-15(31)3-5-19(14)35)11-43-10-18-21(46-30(41)25(34-2)26(18)37)13-44-29(40)17-8-16(32)4-6-20(17)36/h3-8,18,21-28,30,33-39,41H,9-13,31-32H2,1-2H3. The van der Waals surface area contributed by atoms with Crippen LogP contribution >= 0.6 is 0 Å². The van der Waals surface area contributed by atoms with Crippen molar-refractivity contribution in [1.29, 1.82) is 0 Å². The quantitative estimate of drug-likeness (QED) is 0.0638. The Kier molecular flexibility index (Phi) is 12.4. The predicted octanol–water partition coefficient (Wildman–Crippen LogP) is -1.99. The first kappa shape index (κ1) is 35.6. The number of benzene rings is 2. The molecule has 0 aromatic heterocycles. The average Bonchev–Trinajstić information content (AvgIpc) is 3.02. The molecule has 2 aromatic carbocycles. The molecule has 10 unspecified atom stereocenters. The lowest BCUT2D eigenvalue weighted by Gasteiger charge is -2.44. The zero-order chi connectivity index (χ0) is 33.5. The molecule has 2 heterocycles. The largest absolute Gasteiger partial charge is 0.508 e. The van der Waals surface area contributed by atoms with E-state index in [0.29, 0.717) is 11.3 Å². The maximum absolute atomic E-state index is 12.7. The van der Waals surface area contributed by atoms with Gasteiger partial charge < -0.3 is 76.4 Å². The van der Waals surface area contributed by atoms with E-state index in [1.54, 1.807) is 19.2 Å². The third-order valence-corrected chi connectivity index (χ3v) is 8.28. The summed E-state index contributed by atoms with van der Waals surface area (Å²) < 4.78 is 28.7. The summed E-state index contributed by atoms with van der Waals surface area (Å²) in [7, 11) is 3.13. The molecule has 2 saturated heterocycles. The second-order valence-electron chi connectivity index (χ2n) is 11.4. The zero-order valence-corrected chi connectivity index (χ0v) is 25.6. The van der Waals surface area contributed by atoms with Crippen molar-refractivity contribution in [3.63, 3.8) is 0 Å². The Morgan fingerprint density at radius 2 is 1.41 bits per heavy atom. The van der Waals surface area contributed by atoms with Crippen molar-refractivity contribution in [1.82, 2.24) is 10.6 Å². The van der Waals surface area contributed by atoms with Crippen molar-refractivity contribution in [3.05, 3.63) is 47.5 Å². The molecule has 0 spiro atoms. The molecule has 4 rings (SSSR count). The van der Waals surface area contributed by atoms with Gasteiger partial charge in [0.05, 0.1) is 50.7 Å². The van der Waals surface area contributed by atoms with Crippen LogP contribution in [0.5, 0.6) is 11.5 Å². The molecular weight excluding hydrogens is 608 g/mol. The monoisotopic (exact) mass is 652 g/mol.